The van der Waals surface area contributed by atoms with E-state index >= 15 is 0 Å². The number of aliphatic hydroxyl groups is 1. The summed E-state index contributed by atoms with van der Waals surface area (Å²) in [6.45, 7) is 0.0494. The Kier molecular flexibility index (Phi) is 10.1. The largest absolute Gasteiger partial charge is 0.435 e. The maximum atomic E-state index is 14.5. The lowest BCUT2D eigenvalue weighted by atomic mass is 9.93. The number of pyridine rings is 1. The van der Waals surface area contributed by atoms with Gasteiger partial charge in [-0.3, -0.25) is 24.1 Å². The molecule has 7 rings (SSSR count). The number of alkyl halides is 3. The SMILES string of the molecule is Cn1[nH]c(=O)c2c(Cl)ccc(-c3ccc(C#CC4(O)CCOCC4)nc3[C@H](Cc3cc(F)cc(F)c3)NC(=O)Cn3nc(C(F)(F)F)c4c3CCCC4)c21. The number of aryl methyl sites for hydroxylation is 1. The van der Waals surface area contributed by atoms with Crippen LogP contribution in [0.2, 0.25) is 5.02 Å². The highest BCUT2D eigenvalue weighted by molar-refractivity contribution is 6.35. The van der Waals surface area contributed by atoms with Crippen molar-refractivity contribution in [2.45, 2.75) is 69.3 Å². The number of aromatic amines is 1. The normalized spacial score (nSPS) is 16.1. The highest BCUT2D eigenvalue weighted by Gasteiger charge is 2.40. The molecule has 1 saturated heterocycles. The minimum absolute atomic E-state index is 0.0682. The van der Waals surface area contributed by atoms with Gasteiger partial charge in [0.15, 0.2) is 5.69 Å². The zero-order chi connectivity index (χ0) is 38.4. The van der Waals surface area contributed by atoms with Crippen molar-refractivity contribution < 1.29 is 36.6 Å². The van der Waals surface area contributed by atoms with Crippen LogP contribution >= 0.6 is 11.6 Å². The van der Waals surface area contributed by atoms with E-state index in [2.05, 4.69) is 27.4 Å². The molecule has 3 N–H and O–H groups in total. The summed E-state index contributed by atoms with van der Waals surface area (Å²) < 4.78 is 78.9. The van der Waals surface area contributed by atoms with E-state index in [4.69, 9.17) is 21.3 Å². The van der Waals surface area contributed by atoms with Crippen molar-refractivity contribution in [3.05, 3.63) is 103 Å². The number of hydrogen-bond donors (Lipinski definition) is 3. The van der Waals surface area contributed by atoms with Crippen LogP contribution in [0.5, 0.6) is 0 Å². The predicted octanol–water partition coefficient (Wildman–Crippen LogP) is 5.95. The van der Waals surface area contributed by atoms with E-state index in [-0.39, 0.29) is 58.6 Å². The van der Waals surface area contributed by atoms with Gasteiger partial charge in [0.25, 0.3) is 5.56 Å². The van der Waals surface area contributed by atoms with E-state index in [9.17, 15) is 36.6 Å². The Morgan fingerprint density at radius 1 is 1.09 bits per heavy atom. The molecule has 10 nitrogen and oxygen atoms in total. The molecule has 16 heteroatoms. The van der Waals surface area contributed by atoms with Crippen LogP contribution < -0.4 is 10.9 Å². The van der Waals surface area contributed by atoms with Gasteiger partial charge < -0.3 is 15.2 Å². The van der Waals surface area contributed by atoms with Crippen molar-refractivity contribution in [2.24, 2.45) is 7.05 Å². The third-order valence-corrected chi connectivity index (χ3v) is 10.1. The van der Waals surface area contributed by atoms with Crippen LogP contribution in [0.15, 0.2) is 47.3 Å². The predicted molar refractivity (Wildman–Crippen MR) is 188 cm³/mol. The van der Waals surface area contributed by atoms with Crippen molar-refractivity contribution in [3.8, 4) is 23.0 Å². The van der Waals surface area contributed by atoms with Gasteiger partial charge in [-0.2, -0.15) is 18.3 Å². The zero-order valence-corrected chi connectivity index (χ0v) is 29.7. The molecule has 1 fully saturated rings. The Bertz CT molecular complexity index is 2370. The van der Waals surface area contributed by atoms with Gasteiger partial charge >= 0.3 is 6.18 Å². The fraction of sp³-hybridized carbons (Fsp3) is 0.368. The number of benzene rings is 2. The molecule has 0 saturated carbocycles. The first-order valence-corrected chi connectivity index (χ1v) is 17.7. The highest BCUT2D eigenvalue weighted by Crippen LogP contribution is 2.37. The van der Waals surface area contributed by atoms with E-state index in [1.807, 2.05) is 0 Å². The number of rotatable bonds is 7. The molecule has 0 spiro atoms. The van der Waals surface area contributed by atoms with Crippen LogP contribution in [0, 0.1) is 23.5 Å². The first-order valence-electron chi connectivity index (χ1n) is 17.3. The lowest BCUT2D eigenvalue weighted by Gasteiger charge is -2.26. The summed E-state index contributed by atoms with van der Waals surface area (Å²) in [6, 6.07) is 8.18. The molecule has 1 aliphatic carbocycles. The number of nitrogens with one attached hydrogen (secondary N) is 2. The Labute approximate surface area is 310 Å². The summed E-state index contributed by atoms with van der Waals surface area (Å²) in [5.41, 5.74) is -0.693. The lowest BCUT2D eigenvalue weighted by molar-refractivity contribution is -0.142. The smallest absolute Gasteiger partial charge is 0.381 e. The molecule has 0 radical (unpaired) electrons. The Morgan fingerprint density at radius 2 is 1.80 bits per heavy atom. The van der Waals surface area contributed by atoms with E-state index in [1.54, 1.807) is 25.2 Å². The molecule has 0 unspecified atom stereocenters. The van der Waals surface area contributed by atoms with Crippen molar-refractivity contribution >= 4 is 28.4 Å². The zero-order valence-electron chi connectivity index (χ0n) is 28.9. The average Bonchev–Trinajstić information content (AvgIpc) is 3.64. The van der Waals surface area contributed by atoms with Crippen LogP contribution in [0.4, 0.5) is 22.0 Å². The summed E-state index contributed by atoms with van der Waals surface area (Å²) in [5, 5.41) is 20.7. The Balaban J connectivity index is 1.36. The number of carbonyl (C=O) groups excluding carboxylic acids is 1. The second kappa shape index (κ2) is 14.7. The quantitative estimate of drug-likeness (QED) is 0.139. The minimum Gasteiger partial charge on any atom is -0.381 e. The molecule has 0 bridgehead atoms. The average molecular weight is 769 g/mol. The Morgan fingerprint density at radius 3 is 2.52 bits per heavy atom. The molecule has 282 valence electrons. The number of amides is 1. The first kappa shape index (κ1) is 37.3. The topological polar surface area (TPSA) is 127 Å². The van der Waals surface area contributed by atoms with Gasteiger partial charge in [0.05, 0.1) is 40.9 Å². The van der Waals surface area contributed by atoms with Gasteiger partial charge in [-0.05, 0) is 73.9 Å². The van der Waals surface area contributed by atoms with E-state index in [1.165, 1.54) is 10.7 Å². The number of fused-ring (bicyclic) bond motifs is 2. The highest BCUT2D eigenvalue weighted by atomic mass is 35.5. The van der Waals surface area contributed by atoms with E-state index < -0.39 is 53.2 Å². The molecule has 2 aromatic carbocycles. The van der Waals surface area contributed by atoms with Gasteiger partial charge in [-0.1, -0.05) is 23.6 Å². The molecule has 5 aromatic rings. The standard InChI is InChI=1S/C38H34ClF5N6O4/c1-49-34-26(8-9-28(39)32(34)36(52)48-49)25-7-6-24(10-11-37(53)12-14-54-15-13-37)45-33(25)29(18-21-16-22(40)19-23(41)17-21)46-31(51)20-50-30-5-3-2-4-27(30)35(47-50)38(42,43)44/h6-9,16-17,19,29,53H,2-5,12-15,18,20H2,1H3,(H,46,51)(H,48,52)/t29-/m0/s1. The summed E-state index contributed by atoms with van der Waals surface area (Å²) >= 11 is 6.45. The molecular formula is C38H34ClF5N6O4. The third kappa shape index (κ3) is 7.64. The number of halogens is 6. The number of hydrogen-bond acceptors (Lipinski definition) is 6. The van der Waals surface area contributed by atoms with Gasteiger partial charge in [0.1, 0.15) is 29.5 Å². The van der Waals surface area contributed by atoms with Crippen molar-refractivity contribution in [1.82, 2.24) is 29.9 Å². The van der Waals surface area contributed by atoms with Gasteiger partial charge in [-0.25, -0.2) is 13.8 Å². The van der Waals surface area contributed by atoms with Crippen molar-refractivity contribution in [2.75, 3.05) is 13.2 Å². The number of ether oxygens (including phenoxy) is 1. The third-order valence-electron chi connectivity index (χ3n) is 9.76. The maximum absolute atomic E-state index is 14.5. The summed E-state index contributed by atoms with van der Waals surface area (Å²) in [6.07, 6.45) is -2.71. The summed E-state index contributed by atoms with van der Waals surface area (Å²) in [4.78, 5) is 31.6. The monoisotopic (exact) mass is 768 g/mol. The number of carbonyl (C=O) groups is 1. The first-order chi connectivity index (χ1) is 25.7. The van der Waals surface area contributed by atoms with Crippen LogP contribution in [0.3, 0.4) is 0 Å². The van der Waals surface area contributed by atoms with E-state index in [0.717, 1.165) is 16.8 Å². The second-order valence-corrected chi connectivity index (χ2v) is 14.0. The van der Waals surface area contributed by atoms with Crippen LogP contribution in [-0.2, 0) is 48.6 Å². The molecule has 3 aromatic heterocycles. The van der Waals surface area contributed by atoms with E-state index in [0.29, 0.717) is 60.9 Å². The molecule has 2 aliphatic rings. The van der Waals surface area contributed by atoms with Gasteiger partial charge in [-0.15, -0.1) is 0 Å². The number of nitrogens with zero attached hydrogens (tertiary/aromatic N) is 4. The van der Waals surface area contributed by atoms with Crippen LogP contribution in [0.25, 0.3) is 22.0 Å². The second-order valence-electron chi connectivity index (χ2n) is 13.6. The maximum Gasteiger partial charge on any atom is 0.435 e. The lowest BCUT2D eigenvalue weighted by Crippen LogP contribution is -2.35. The molecule has 1 atom stereocenters. The minimum atomic E-state index is -4.71. The van der Waals surface area contributed by atoms with Gasteiger partial charge in [0.2, 0.25) is 5.91 Å². The molecule has 54 heavy (non-hydrogen) atoms. The number of H-pyrrole nitrogens is 1. The molecule has 1 aliphatic heterocycles. The van der Waals surface area contributed by atoms with Crippen LogP contribution in [0.1, 0.15) is 65.6 Å². The number of aromatic nitrogens is 5. The molecular weight excluding hydrogens is 735 g/mol. The van der Waals surface area contributed by atoms with Crippen LogP contribution in [-0.4, -0.2) is 54.4 Å². The van der Waals surface area contributed by atoms with Crippen molar-refractivity contribution in [3.63, 3.8) is 0 Å². The fourth-order valence-corrected chi connectivity index (χ4v) is 7.49. The molecule has 4 heterocycles. The Hall–Kier alpha value is -5.04. The summed E-state index contributed by atoms with van der Waals surface area (Å²) in [7, 11) is 1.61. The van der Waals surface area contributed by atoms with Gasteiger partial charge in [0, 0.05) is 48.3 Å². The van der Waals surface area contributed by atoms with Crippen molar-refractivity contribution in [1.29, 1.82) is 0 Å². The summed E-state index contributed by atoms with van der Waals surface area (Å²) in [5.74, 6) is 3.32. The molecule has 1 amide bonds. The fourth-order valence-electron chi connectivity index (χ4n) is 7.25.